The highest BCUT2D eigenvalue weighted by molar-refractivity contribution is 5.94. The molecule has 2 amide bonds. The Hall–Kier alpha value is -2.11. The van der Waals surface area contributed by atoms with Crippen LogP contribution in [0.1, 0.15) is 49.9 Å². The van der Waals surface area contributed by atoms with E-state index < -0.39 is 5.60 Å². The van der Waals surface area contributed by atoms with Crippen LogP contribution in [0.5, 0.6) is 0 Å². The second-order valence-electron chi connectivity index (χ2n) is 7.12. The minimum Gasteiger partial charge on any atom is -0.441 e. The number of carbonyl (C=O) groups is 2. The Balaban J connectivity index is 1.61. The molecule has 1 atom stereocenters. The summed E-state index contributed by atoms with van der Waals surface area (Å²) in [7, 11) is 0. The molecule has 6 heteroatoms. The van der Waals surface area contributed by atoms with E-state index in [9.17, 15) is 14.0 Å². The lowest BCUT2D eigenvalue weighted by Crippen LogP contribution is -2.49. The fourth-order valence-electron chi connectivity index (χ4n) is 3.71. The van der Waals surface area contributed by atoms with Gasteiger partial charge in [0.1, 0.15) is 11.4 Å². The molecule has 0 radical (unpaired) electrons. The van der Waals surface area contributed by atoms with E-state index in [1.165, 1.54) is 24.3 Å². The summed E-state index contributed by atoms with van der Waals surface area (Å²) in [6.45, 7) is 5.84. The highest BCUT2D eigenvalue weighted by atomic mass is 19.1. The van der Waals surface area contributed by atoms with Gasteiger partial charge in [0.25, 0.3) is 5.91 Å². The van der Waals surface area contributed by atoms with E-state index in [0.29, 0.717) is 38.0 Å². The quantitative estimate of drug-likeness (QED) is 0.837. The first-order valence-electron chi connectivity index (χ1n) is 8.98. The summed E-state index contributed by atoms with van der Waals surface area (Å²) in [5.74, 6) is -0.455. The number of hydrogen-bond donors (Lipinski definition) is 0. The number of piperidine rings is 1. The lowest BCUT2D eigenvalue weighted by atomic mass is 9.90. The summed E-state index contributed by atoms with van der Waals surface area (Å²) in [6.07, 6.45) is 3.03. The molecule has 1 unspecified atom stereocenters. The SMILES string of the molecule is CCCC(C)N1CC2(CCN(C(=O)c3ccc(F)cc3)CC2)OC1=O. The van der Waals surface area contributed by atoms with Crippen LogP contribution in [-0.4, -0.2) is 53.1 Å². The number of ether oxygens (including phenoxy) is 1. The molecule has 136 valence electrons. The number of benzene rings is 1. The summed E-state index contributed by atoms with van der Waals surface area (Å²) in [5.41, 5.74) is 0.0116. The van der Waals surface area contributed by atoms with Crippen molar-refractivity contribution in [2.75, 3.05) is 19.6 Å². The second kappa shape index (κ2) is 7.02. The predicted octanol–water partition coefficient (Wildman–Crippen LogP) is 3.44. The average Bonchev–Trinajstić information content (AvgIpc) is 2.92. The number of nitrogens with zero attached hydrogens (tertiary/aromatic N) is 2. The van der Waals surface area contributed by atoms with E-state index in [0.717, 1.165) is 12.8 Å². The van der Waals surface area contributed by atoms with Crippen LogP contribution in [-0.2, 0) is 4.74 Å². The summed E-state index contributed by atoms with van der Waals surface area (Å²) >= 11 is 0. The maximum atomic E-state index is 13.0. The standard InChI is InChI=1S/C19H25FN2O3/c1-3-4-14(2)22-13-19(25-18(22)24)9-11-21(12-10-19)17(23)15-5-7-16(20)8-6-15/h5-8,14H,3-4,9-13H2,1-2H3. The van der Waals surface area contributed by atoms with E-state index in [-0.39, 0.29) is 23.9 Å². The highest BCUT2D eigenvalue weighted by Gasteiger charge is 2.48. The average molecular weight is 348 g/mol. The van der Waals surface area contributed by atoms with Crippen molar-refractivity contribution in [2.45, 2.75) is 51.2 Å². The molecule has 25 heavy (non-hydrogen) atoms. The highest BCUT2D eigenvalue weighted by Crippen LogP contribution is 2.35. The number of carbonyl (C=O) groups excluding carboxylic acids is 2. The van der Waals surface area contributed by atoms with Crippen LogP contribution in [0.25, 0.3) is 0 Å². The van der Waals surface area contributed by atoms with E-state index in [2.05, 4.69) is 13.8 Å². The molecule has 0 aromatic heterocycles. The molecule has 2 aliphatic rings. The first kappa shape index (κ1) is 17.7. The topological polar surface area (TPSA) is 49.9 Å². The van der Waals surface area contributed by atoms with E-state index in [1.54, 1.807) is 4.90 Å². The predicted molar refractivity (Wildman–Crippen MR) is 91.8 cm³/mol. The fourth-order valence-corrected chi connectivity index (χ4v) is 3.71. The van der Waals surface area contributed by atoms with Gasteiger partial charge in [-0.15, -0.1) is 0 Å². The van der Waals surface area contributed by atoms with Crippen molar-refractivity contribution in [3.8, 4) is 0 Å². The van der Waals surface area contributed by atoms with E-state index in [1.807, 2.05) is 4.90 Å². The fraction of sp³-hybridized carbons (Fsp3) is 0.579. The first-order valence-corrected chi connectivity index (χ1v) is 8.98. The normalized spacial score (nSPS) is 20.7. The van der Waals surface area contributed by atoms with Crippen LogP contribution in [0.2, 0.25) is 0 Å². The lowest BCUT2D eigenvalue weighted by Gasteiger charge is -2.37. The number of amides is 2. The molecule has 0 N–H and O–H groups in total. The van der Waals surface area contributed by atoms with Crippen molar-refractivity contribution >= 4 is 12.0 Å². The van der Waals surface area contributed by atoms with Gasteiger partial charge in [0.05, 0.1) is 6.54 Å². The molecule has 3 rings (SSSR count). The number of hydrogen-bond acceptors (Lipinski definition) is 3. The third-order valence-corrected chi connectivity index (χ3v) is 5.29. The van der Waals surface area contributed by atoms with Gasteiger partial charge in [-0.05, 0) is 37.6 Å². The third kappa shape index (κ3) is 3.62. The number of rotatable bonds is 4. The van der Waals surface area contributed by atoms with Gasteiger partial charge in [0, 0.05) is 37.5 Å². The van der Waals surface area contributed by atoms with Gasteiger partial charge in [0.15, 0.2) is 0 Å². The van der Waals surface area contributed by atoms with Gasteiger partial charge in [-0.3, -0.25) is 4.79 Å². The number of likely N-dealkylation sites (tertiary alicyclic amines) is 1. The van der Waals surface area contributed by atoms with Gasteiger partial charge in [-0.1, -0.05) is 13.3 Å². The summed E-state index contributed by atoms with van der Waals surface area (Å²) < 4.78 is 18.7. The maximum Gasteiger partial charge on any atom is 0.410 e. The van der Waals surface area contributed by atoms with Crippen LogP contribution in [0, 0.1) is 5.82 Å². The minimum atomic E-state index is -0.474. The molecule has 1 spiro atoms. The smallest absolute Gasteiger partial charge is 0.410 e. The Morgan fingerprint density at radius 3 is 2.52 bits per heavy atom. The number of halogens is 1. The Bertz CT molecular complexity index is 639. The molecule has 1 aromatic carbocycles. The first-order chi connectivity index (χ1) is 11.9. The van der Waals surface area contributed by atoms with Gasteiger partial charge < -0.3 is 14.5 Å². The monoisotopic (exact) mass is 348 g/mol. The maximum absolute atomic E-state index is 13.0. The zero-order chi connectivity index (χ0) is 18.0. The van der Waals surface area contributed by atoms with E-state index in [4.69, 9.17) is 4.74 Å². The Morgan fingerprint density at radius 2 is 1.92 bits per heavy atom. The van der Waals surface area contributed by atoms with Crippen LogP contribution in [0.4, 0.5) is 9.18 Å². The van der Waals surface area contributed by atoms with Gasteiger partial charge in [0.2, 0.25) is 0 Å². The van der Waals surface area contributed by atoms with Crippen molar-refractivity contribution in [2.24, 2.45) is 0 Å². The summed E-state index contributed by atoms with van der Waals surface area (Å²) in [4.78, 5) is 28.3. The van der Waals surface area contributed by atoms with Crippen molar-refractivity contribution in [3.63, 3.8) is 0 Å². The molecule has 2 saturated heterocycles. The van der Waals surface area contributed by atoms with Crippen molar-refractivity contribution in [1.29, 1.82) is 0 Å². The zero-order valence-corrected chi connectivity index (χ0v) is 14.8. The van der Waals surface area contributed by atoms with Crippen LogP contribution >= 0.6 is 0 Å². The molecule has 0 aliphatic carbocycles. The van der Waals surface area contributed by atoms with Crippen molar-refractivity contribution < 1.29 is 18.7 Å². The largest absolute Gasteiger partial charge is 0.441 e. The molecule has 2 fully saturated rings. The molecule has 2 aliphatic heterocycles. The van der Waals surface area contributed by atoms with Crippen molar-refractivity contribution in [1.82, 2.24) is 9.80 Å². The van der Waals surface area contributed by atoms with Gasteiger partial charge >= 0.3 is 6.09 Å². The molecular formula is C19H25FN2O3. The molecule has 0 saturated carbocycles. The molecule has 1 aromatic rings. The van der Waals surface area contributed by atoms with Crippen molar-refractivity contribution in [3.05, 3.63) is 35.6 Å². The molecule has 0 bridgehead atoms. The second-order valence-corrected chi connectivity index (χ2v) is 7.12. The molecule has 2 heterocycles. The Labute approximate surface area is 147 Å². The Kier molecular flexibility index (Phi) is 4.97. The van der Waals surface area contributed by atoms with Crippen LogP contribution in [0.15, 0.2) is 24.3 Å². The van der Waals surface area contributed by atoms with E-state index >= 15 is 0 Å². The van der Waals surface area contributed by atoms with Crippen LogP contribution in [0.3, 0.4) is 0 Å². The van der Waals surface area contributed by atoms with Crippen LogP contribution < -0.4 is 0 Å². The third-order valence-electron chi connectivity index (χ3n) is 5.29. The lowest BCUT2D eigenvalue weighted by molar-refractivity contribution is 0.00307. The van der Waals surface area contributed by atoms with Gasteiger partial charge in [-0.2, -0.15) is 0 Å². The summed E-state index contributed by atoms with van der Waals surface area (Å²) in [6, 6.07) is 5.78. The van der Waals surface area contributed by atoms with Gasteiger partial charge in [-0.25, -0.2) is 9.18 Å². The molecular weight excluding hydrogens is 323 g/mol. The molecule has 5 nitrogen and oxygen atoms in total. The zero-order valence-electron chi connectivity index (χ0n) is 14.8. The Morgan fingerprint density at radius 1 is 1.28 bits per heavy atom. The minimum absolute atomic E-state index is 0.101. The summed E-state index contributed by atoms with van der Waals surface area (Å²) in [5, 5.41) is 0.